The van der Waals surface area contributed by atoms with E-state index in [9.17, 15) is 9.59 Å². The topological polar surface area (TPSA) is 127 Å². The lowest BCUT2D eigenvalue weighted by Gasteiger charge is -2.03. The summed E-state index contributed by atoms with van der Waals surface area (Å²) in [6.45, 7) is 0.146. The molecule has 0 saturated heterocycles. The number of methoxy groups -OCH3 is 1. The number of ether oxygens (including phenoxy) is 1. The molecule has 9 nitrogen and oxygen atoms in total. The molecule has 2 N–H and O–H groups in total. The van der Waals surface area contributed by atoms with Gasteiger partial charge in [0.25, 0.3) is 0 Å². The third kappa shape index (κ3) is 4.27. The van der Waals surface area contributed by atoms with Gasteiger partial charge < -0.3 is 14.3 Å². The fourth-order valence-electron chi connectivity index (χ4n) is 1.44. The molecule has 2 rings (SSSR count). The van der Waals surface area contributed by atoms with Crippen LogP contribution in [0.4, 0.5) is 6.01 Å². The van der Waals surface area contributed by atoms with Crippen LogP contribution in [0, 0.1) is 0 Å². The Balaban J connectivity index is 1.91. The first-order valence-corrected chi connectivity index (χ1v) is 7.01. The van der Waals surface area contributed by atoms with Crippen LogP contribution < -0.4 is 5.32 Å². The van der Waals surface area contributed by atoms with Crippen LogP contribution in [0.3, 0.4) is 0 Å². The molecule has 1 amide bonds. The summed E-state index contributed by atoms with van der Waals surface area (Å²) in [6.07, 6.45) is 1.46. The van der Waals surface area contributed by atoms with Crippen LogP contribution in [-0.4, -0.2) is 45.0 Å². The van der Waals surface area contributed by atoms with E-state index in [1.807, 2.05) is 0 Å². The molecule has 0 radical (unpaired) electrons. The van der Waals surface area contributed by atoms with Crippen molar-refractivity contribution in [3.05, 3.63) is 29.8 Å². The summed E-state index contributed by atoms with van der Waals surface area (Å²) >= 11 is 1.00. The number of nitrogens with one attached hydrogen (secondary N) is 1. The second-order valence-corrected chi connectivity index (χ2v) is 4.90. The maximum Gasteiger partial charge on any atom is 0.338 e. The highest BCUT2D eigenvalue weighted by molar-refractivity contribution is 8.00. The Morgan fingerprint density at radius 3 is 3.00 bits per heavy atom. The highest BCUT2D eigenvalue weighted by Gasteiger charge is 2.14. The number of carboxylic acids is 1. The lowest BCUT2D eigenvalue weighted by Crippen LogP contribution is -2.15. The molecule has 0 aromatic carbocycles. The molecule has 116 valence electrons. The normalized spacial score (nSPS) is 10.4. The standard InChI is InChI=1S/C12H12N4O5S/c1-20-5-9-15-16-12(21-9)14-8(17)6-22-10-7(11(18)19)3-2-4-13-10/h2-4H,5-6H2,1H3,(H,18,19)(H,14,16,17). The van der Waals surface area contributed by atoms with Gasteiger partial charge in [0, 0.05) is 13.3 Å². The van der Waals surface area contributed by atoms with Crippen molar-refractivity contribution >= 4 is 29.7 Å². The first kappa shape index (κ1) is 15.9. The third-order valence-electron chi connectivity index (χ3n) is 2.32. The highest BCUT2D eigenvalue weighted by Crippen LogP contribution is 2.20. The van der Waals surface area contributed by atoms with Gasteiger partial charge in [0.2, 0.25) is 11.8 Å². The smallest absolute Gasteiger partial charge is 0.338 e. The van der Waals surface area contributed by atoms with Gasteiger partial charge in [-0.15, -0.1) is 5.10 Å². The molecular weight excluding hydrogens is 312 g/mol. The summed E-state index contributed by atoms with van der Waals surface area (Å²) in [5.74, 6) is -1.32. The van der Waals surface area contributed by atoms with Crippen molar-refractivity contribution in [2.75, 3.05) is 18.2 Å². The SMILES string of the molecule is COCc1nnc(NC(=O)CSc2ncccc2C(=O)O)o1. The second kappa shape index (κ2) is 7.52. The van der Waals surface area contributed by atoms with E-state index in [1.54, 1.807) is 0 Å². The number of carbonyl (C=O) groups excluding carboxylic acids is 1. The second-order valence-electron chi connectivity index (χ2n) is 3.93. The van der Waals surface area contributed by atoms with Crippen molar-refractivity contribution < 1.29 is 23.8 Å². The molecule has 0 aliphatic carbocycles. The minimum Gasteiger partial charge on any atom is -0.478 e. The van der Waals surface area contributed by atoms with Gasteiger partial charge in [0.15, 0.2) is 0 Å². The van der Waals surface area contributed by atoms with Crippen molar-refractivity contribution in [3.63, 3.8) is 0 Å². The van der Waals surface area contributed by atoms with Crippen LogP contribution in [0.1, 0.15) is 16.2 Å². The van der Waals surface area contributed by atoms with Gasteiger partial charge in [-0.25, -0.2) is 9.78 Å². The van der Waals surface area contributed by atoms with E-state index in [0.29, 0.717) is 0 Å². The van der Waals surface area contributed by atoms with Crippen molar-refractivity contribution in [1.82, 2.24) is 15.2 Å². The molecule has 0 saturated carbocycles. The average molecular weight is 324 g/mol. The van der Waals surface area contributed by atoms with E-state index in [0.717, 1.165) is 11.8 Å². The van der Waals surface area contributed by atoms with Gasteiger partial charge in [-0.1, -0.05) is 16.9 Å². The molecule has 2 aromatic rings. The molecular formula is C12H12N4O5S. The van der Waals surface area contributed by atoms with Crippen LogP contribution in [0.15, 0.2) is 27.8 Å². The van der Waals surface area contributed by atoms with Gasteiger partial charge in [-0.3, -0.25) is 10.1 Å². The first-order valence-electron chi connectivity index (χ1n) is 6.02. The maximum atomic E-state index is 11.8. The predicted octanol–water partition coefficient (Wildman–Crippen LogP) is 1.04. The minimum absolute atomic E-state index is 0.0421. The zero-order valence-electron chi connectivity index (χ0n) is 11.5. The number of carboxylic acid groups (broad SMARTS) is 1. The molecule has 0 aliphatic rings. The molecule has 10 heteroatoms. The Hall–Kier alpha value is -2.46. The molecule has 22 heavy (non-hydrogen) atoms. The quantitative estimate of drug-likeness (QED) is 0.718. The van der Waals surface area contributed by atoms with Crippen molar-refractivity contribution in [1.29, 1.82) is 0 Å². The Labute approximate surface area is 129 Å². The van der Waals surface area contributed by atoms with E-state index < -0.39 is 11.9 Å². The van der Waals surface area contributed by atoms with Crippen molar-refractivity contribution in [2.45, 2.75) is 11.6 Å². The fourth-order valence-corrected chi connectivity index (χ4v) is 2.23. The number of aromatic nitrogens is 3. The Bertz CT molecular complexity index is 675. The number of amides is 1. The van der Waals surface area contributed by atoms with E-state index in [4.69, 9.17) is 14.3 Å². The molecule has 0 atom stereocenters. The van der Waals surface area contributed by atoms with Crippen LogP contribution in [0.25, 0.3) is 0 Å². The largest absolute Gasteiger partial charge is 0.478 e. The van der Waals surface area contributed by atoms with Crippen molar-refractivity contribution in [3.8, 4) is 0 Å². The number of hydrogen-bond donors (Lipinski definition) is 2. The number of thioether (sulfide) groups is 1. The molecule has 0 fully saturated rings. The Morgan fingerprint density at radius 2 is 2.27 bits per heavy atom. The van der Waals surface area contributed by atoms with E-state index >= 15 is 0 Å². The number of aromatic carboxylic acids is 1. The molecule has 0 aliphatic heterocycles. The first-order chi connectivity index (χ1) is 10.6. The van der Waals surface area contributed by atoms with Gasteiger partial charge in [0.05, 0.1) is 11.3 Å². The molecule has 2 aromatic heterocycles. The number of nitrogens with zero attached hydrogens (tertiary/aromatic N) is 3. The predicted molar refractivity (Wildman–Crippen MR) is 75.6 cm³/mol. The summed E-state index contributed by atoms with van der Waals surface area (Å²) in [6, 6.07) is 2.89. The molecule has 2 heterocycles. The highest BCUT2D eigenvalue weighted by atomic mass is 32.2. The summed E-state index contributed by atoms with van der Waals surface area (Å²) in [5, 5.41) is 19.0. The molecule has 0 bridgehead atoms. The zero-order chi connectivity index (χ0) is 15.9. The summed E-state index contributed by atoms with van der Waals surface area (Å²) in [5.41, 5.74) is 0.0421. The maximum absolute atomic E-state index is 11.8. The van der Waals surface area contributed by atoms with Gasteiger partial charge in [0.1, 0.15) is 11.6 Å². The lowest BCUT2D eigenvalue weighted by atomic mass is 10.3. The number of pyridine rings is 1. The average Bonchev–Trinajstić information content (AvgIpc) is 2.93. The Morgan fingerprint density at radius 1 is 1.45 bits per heavy atom. The fraction of sp³-hybridized carbons (Fsp3) is 0.250. The van der Waals surface area contributed by atoms with Gasteiger partial charge in [-0.2, -0.15) is 0 Å². The van der Waals surface area contributed by atoms with E-state index in [1.165, 1.54) is 25.4 Å². The molecule has 0 unspecified atom stereocenters. The van der Waals surface area contributed by atoms with Crippen molar-refractivity contribution in [2.24, 2.45) is 0 Å². The monoisotopic (exact) mass is 324 g/mol. The van der Waals surface area contributed by atoms with E-state index in [2.05, 4.69) is 20.5 Å². The van der Waals surface area contributed by atoms with Crippen LogP contribution >= 0.6 is 11.8 Å². The van der Waals surface area contributed by atoms with Gasteiger partial charge >= 0.3 is 12.0 Å². The Kier molecular flexibility index (Phi) is 5.44. The zero-order valence-corrected chi connectivity index (χ0v) is 12.3. The number of rotatable bonds is 7. The number of carbonyl (C=O) groups is 2. The van der Waals surface area contributed by atoms with Gasteiger partial charge in [-0.05, 0) is 12.1 Å². The lowest BCUT2D eigenvalue weighted by molar-refractivity contribution is -0.113. The molecule has 0 spiro atoms. The van der Waals surface area contributed by atoms with Crippen LogP contribution in [0.5, 0.6) is 0 Å². The summed E-state index contributed by atoms with van der Waals surface area (Å²) in [7, 11) is 1.48. The van der Waals surface area contributed by atoms with E-state index in [-0.39, 0.29) is 34.9 Å². The van der Waals surface area contributed by atoms with Crippen LogP contribution in [0.2, 0.25) is 0 Å². The van der Waals surface area contributed by atoms with Crippen LogP contribution in [-0.2, 0) is 16.1 Å². The summed E-state index contributed by atoms with van der Waals surface area (Å²) < 4.78 is 9.92. The number of hydrogen-bond acceptors (Lipinski definition) is 8. The summed E-state index contributed by atoms with van der Waals surface area (Å²) in [4.78, 5) is 26.7. The third-order valence-corrected chi connectivity index (χ3v) is 3.33. The minimum atomic E-state index is -1.10. The number of anilines is 1.